The van der Waals surface area contributed by atoms with Crippen molar-refractivity contribution in [3.05, 3.63) is 65.2 Å². The molecular weight excluding hydrogens is 248 g/mol. The van der Waals surface area contributed by atoms with Gasteiger partial charge in [0.25, 0.3) is 0 Å². The van der Waals surface area contributed by atoms with Gasteiger partial charge >= 0.3 is 0 Å². The largest absolute Gasteiger partial charge is 0.496 e. The Morgan fingerprint density at radius 3 is 2.70 bits per heavy atom. The molecule has 0 bridgehead atoms. The molecule has 0 aliphatic heterocycles. The average molecular weight is 266 g/mol. The van der Waals surface area contributed by atoms with Crippen molar-refractivity contribution in [1.82, 2.24) is 5.32 Å². The molecule has 0 saturated carbocycles. The fourth-order valence-corrected chi connectivity index (χ4v) is 2.15. The highest BCUT2D eigenvalue weighted by Crippen LogP contribution is 2.19. The molecule has 0 fully saturated rings. The quantitative estimate of drug-likeness (QED) is 0.902. The number of hydrogen-bond acceptors (Lipinski definition) is 3. The highest BCUT2D eigenvalue weighted by Gasteiger charge is 2.11. The summed E-state index contributed by atoms with van der Waals surface area (Å²) in [6.07, 6.45) is 0. The Morgan fingerprint density at radius 1 is 1.20 bits per heavy atom. The molecule has 1 unspecified atom stereocenters. The van der Waals surface area contributed by atoms with Gasteiger partial charge < -0.3 is 4.74 Å². The maximum Gasteiger partial charge on any atom is 0.123 e. The molecule has 20 heavy (non-hydrogen) atoms. The van der Waals surface area contributed by atoms with Crippen molar-refractivity contribution in [1.29, 1.82) is 5.26 Å². The zero-order valence-corrected chi connectivity index (χ0v) is 11.8. The Balaban J connectivity index is 2.10. The van der Waals surface area contributed by atoms with Crippen LogP contribution in [0.2, 0.25) is 0 Å². The highest BCUT2D eigenvalue weighted by atomic mass is 16.5. The van der Waals surface area contributed by atoms with Gasteiger partial charge in [-0.1, -0.05) is 48.0 Å². The van der Waals surface area contributed by atoms with Crippen LogP contribution in [0.15, 0.2) is 48.5 Å². The number of para-hydroxylation sites is 1. The van der Waals surface area contributed by atoms with Gasteiger partial charge in [-0.25, -0.2) is 0 Å². The third-order valence-corrected chi connectivity index (χ3v) is 3.19. The lowest BCUT2D eigenvalue weighted by Gasteiger charge is -2.14. The molecule has 3 nitrogen and oxygen atoms in total. The van der Waals surface area contributed by atoms with Gasteiger partial charge in [0, 0.05) is 12.1 Å². The summed E-state index contributed by atoms with van der Waals surface area (Å²) in [5.41, 5.74) is 3.19. The predicted octanol–water partition coefficient (Wildman–Crippen LogP) is 3.36. The Bertz CT molecular complexity index is 616. The second-order valence-electron chi connectivity index (χ2n) is 4.67. The number of methoxy groups -OCH3 is 1. The molecule has 0 saturated heterocycles. The SMILES string of the molecule is COc1ccccc1CNC(C#N)c1cccc(C)c1. The van der Waals surface area contributed by atoms with Crippen LogP contribution < -0.4 is 10.1 Å². The summed E-state index contributed by atoms with van der Waals surface area (Å²) < 4.78 is 5.31. The summed E-state index contributed by atoms with van der Waals surface area (Å²) in [4.78, 5) is 0. The normalized spacial score (nSPS) is 11.7. The molecule has 0 heterocycles. The van der Waals surface area contributed by atoms with E-state index < -0.39 is 0 Å². The van der Waals surface area contributed by atoms with E-state index in [2.05, 4.69) is 11.4 Å². The van der Waals surface area contributed by atoms with Crippen molar-refractivity contribution in [2.24, 2.45) is 0 Å². The van der Waals surface area contributed by atoms with Crippen LogP contribution in [0.3, 0.4) is 0 Å². The van der Waals surface area contributed by atoms with Crippen molar-refractivity contribution < 1.29 is 4.74 Å². The van der Waals surface area contributed by atoms with Gasteiger partial charge in [0.05, 0.1) is 13.2 Å². The Kier molecular flexibility index (Phi) is 4.75. The van der Waals surface area contributed by atoms with Gasteiger partial charge in [0.2, 0.25) is 0 Å². The molecule has 3 heteroatoms. The zero-order valence-electron chi connectivity index (χ0n) is 11.8. The number of benzene rings is 2. The lowest BCUT2D eigenvalue weighted by atomic mass is 10.0. The van der Waals surface area contributed by atoms with E-state index in [4.69, 9.17) is 4.74 Å². The Labute approximate surface area is 119 Å². The predicted molar refractivity (Wildman–Crippen MR) is 79.4 cm³/mol. The molecule has 0 aliphatic rings. The first-order chi connectivity index (χ1) is 9.74. The van der Waals surface area contributed by atoms with Crippen LogP contribution >= 0.6 is 0 Å². The molecule has 0 radical (unpaired) electrons. The number of aryl methyl sites for hydroxylation is 1. The van der Waals surface area contributed by atoms with Crippen molar-refractivity contribution in [2.75, 3.05) is 7.11 Å². The molecule has 0 aliphatic carbocycles. The van der Waals surface area contributed by atoms with E-state index in [-0.39, 0.29) is 6.04 Å². The number of hydrogen-bond donors (Lipinski definition) is 1. The molecule has 2 aromatic carbocycles. The molecule has 0 aromatic heterocycles. The summed E-state index contributed by atoms with van der Waals surface area (Å²) in [5.74, 6) is 0.834. The lowest BCUT2D eigenvalue weighted by molar-refractivity contribution is 0.407. The van der Waals surface area contributed by atoms with E-state index in [0.29, 0.717) is 6.54 Å². The molecule has 2 aromatic rings. The van der Waals surface area contributed by atoms with E-state index in [9.17, 15) is 5.26 Å². The number of rotatable bonds is 5. The fraction of sp³-hybridized carbons (Fsp3) is 0.235. The van der Waals surface area contributed by atoms with Crippen molar-refractivity contribution in [3.8, 4) is 11.8 Å². The molecule has 2 rings (SSSR count). The van der Waals surface area contributed by atoms with Gasteiger partial charge in [-0.3, -0.25) is 5.32 Å². The van der Waals surface area contributed by atoms with E-state index in [1.807, 2.05) is 55.5 Å². The van der Waals surface area contributed by atoms with Crippen LogP contribution in [0, 0.1) is 18.3 Å². The Morgan fingerprint density at radius 2 is 2.00 bits per heavy atom. The van der Waals surface area contributed by atoms with Gasteiger partial charge in [-0.15, -0.1) is 0 Å². The molecule has 1 atom stereocenters. The number of nitriles is 1. The highest BCUT2D eigenvalue weighted by molar-refractivity contribution is 5.34. The standard InChI is InChI=1S/C17H18N2O/c1-13-6-5-8-14(10-13)16(11-18)19-12-15-7-3-4-9-17(15)20-2/h3-10,16,19H,12H2,1-2H3. The van der Waals surface area contributed by atoms with Gasteiger partial charge in [-0.05, 0) is 18.6 Å². The van der Waals surface area contributed by atoms with E-state index >= 15 is 0 Å². The summed E-state index contributed by atoms with van der Waals surface area (Å²) in [7, 11) is 1.65. The molecule has 0 spiro atoms. The van der Waals surface area contributed by atoms with Gasteiger partial charge in [0.15, 0.2) is 0 Å². The van der Waals surface area contributed by atoms with E-state index in [0.717, 1.165) is 22.4 Å². The molecular formula is C17H18N2O. The average Bonchev–Trinajstić information content (AvgIpc) is 2.48. The van der Waals surface area contributed by atoms with E-state index in [1.165, 1.54) is 0 Å². The van der Waals surface area contributed by atoms with E-state index in [1.54, 1.807) is 7.11 Å². The molecule has 1 N–H and O–H groups in total. The first kappa shape index (κ1) is 14.1. The summed E-state index contributed by atoms with van der Waals surface area (Å²) in [6.45, 7) is 2.62. The third-order valence-electron chi connectivity index (χ3n) is 3.19. The zero-order chi connectivity index (χ0) is 14.4. The summed E-state index contributed by atoms with van der Waals surface area (Å²) >= 11 is 0. The van der Waals surface area contributed by atoms with Crippen LogP contribution in [-0.2, 0) is 6.54 Å². The topological polar surface area (TPSA) is 45.0 Å². The van der Waals surface area contributed by atoms with Gasteiger partial charge in [-0.2, -0.15) is 5.26 Å². The second-order valence-corrected chi connectivity index (χ2v) is 4.67. The molecule has 102 valence electrons. The minimum absolute atomic E-state index is 0.320. The minimum Gasteiger partial charge on any atom is -0.496 e. The third kappa shape index (κ3) is 3.37. The van der Waals surface area contributed by atoms with Crippen LogP contribution in [0.1, 0.15) is 22.7 Å². The lowest BCUT2D eigenvalue weighted by Crippen LogP contribution is -2.19. The maximum atomic E-state index is 9.33. The molecule has 0 amide bonds. The number of ether oxygens (including phenoxy) is 1. The monoisotopic (exact) mass is 266 g/mol. The van der Waals surface area contributed by atoms with Crippen LogP contribution in [0.5, 0.6) is 5.75 Å². The summed E-state index contributed by atoms with van der Waals surface area (Å²) in [5, 5.41) is 12.6. The fourth-order valence-electron chi connectivity index (χ4n) is 2.15. The number of nitrogens with one attached hydrogen (secondary N) is 1. The van der Waals surface area contributed by atoms with Crippen LogP contribution in [-0.4, -0.2) is 7.11 Å². The first-order valence-corrected chi connectivity index (χ1v) is 6.56. The second kappa shape index (κ2) is 6.74. The maximum absolute atomic E-state index is 9.33. The smallest absolute Gasteiger partial charge is 0.123 e. The van der Waals surface area contributed by atoms with Crippen molar-refractivity contribution in [3.63, 3.8) is 0 Å². The van der Waals surface area contributed by atoms with Crippen molar-refractivity contribution >= 4 is 0 Å². The first-order valence-electron chi connectivity index (χ1n) is 6.56. The number of nitrogens with zero attached hydrogens (tertiary/aromatic N) is 1. The van der Waals surface area contributed by atoms with Crippen molar-refractivity contribution in [2.45, 2.75) is 19.5 Å². The minimum atomic E-state index is -0.320. The van der Waals surface area contributed by atoms with Crippen LogP contribution in [0.25, 0.3) is 0 Å². The Hall–Kier alpha value is -2.31. The summed E-state index contributed by atoms with van der Waals surface area (Å²) in [6, 6.07) is 17.8. The van der Waals surface area contributed by atoms with Gasteiger partial charge in [0.1, 0.15) is 11.8 Å². The van der Waals surface area contributed by atoms with Crippen LogP contribution in [0.4, 0.5) is 0 Å².